The van der Waals surface area contributed by atoms with E-state index in [1.807, 2.05) is 13.1 Å². The maximum atomic E-state index is 12.0. The largest absolute Gasteiger partial charge is 0.462 e. The van der Waals surface area contributed by atoms with Crippen LogP contribution in [0, 0.1) is 5.92 Å². The van der Waals surface area contributed by atoms with Gasteiger partial charge in [-0.25, -0.2) is 4.79 Å². The Morgan fingerprint density at radius 2 is 2.26 bits per heavy atom. The molecule has 0 N–H and O–H groups in total. The molecule has 1 atom stereocenters. The van der Waals surface area contributed by atoms with Gasteiger partial charge < -0.3 is 9.64 Å². The molecule has 0 saturated heterocycles. The van der Waals surface area contributed by atoms with E-state index in [1.165, 1.54) is 11.3 Å². The van der Waals surface area contributed by atoms with Crippen molar-refractivity contribution in [2.45, 2.75) is 26.2 Å². The molecule has 0 aromatic carbocycles. The molecule has 1 unspecified atom stereocenters. The van der Waals surface area contributed by atoms with E-state index in [9.17, 15) is 4.79 Å². The Morgan fingerprint density at radius 1 is 1.42 bits per heavy atom. The fourth-order valence-electron chi connectivity index (χ4n) is 2.96. The maximum absolute atomic E-state index is 12.0. The molecule has 0 radical (unpaired) electrons. The van der Waals surface area contributed by atoms with E-state index in [0.717, 1.165) is 31.4 Å². The Bertz CT molecular complexity index is 507. The minimum atomic E-state index is -0.147. The minimum absolute atomic E-state index is 0.147. The third kappa shape index (κ3) is 2.25. The van der Waals surface area contributed by atoms with Crippen LogP contribution in [0.15, 0.2) is 47.3 Å². The van der Waals surface area contributed by atoms with E-state index in [2.05, 4.69) is 29.2 Å². The fourth-order valence-corrected chi connectivity index (χ4v) is 2.96. The van der Waals surface area contributed by atoms with Gasteiger partial charge >= 0.3 is 5.97 Å². The van der Waals surface area contributed by atoms with Crippen molar-refractivity contribution in [2.75, 3.05) is 13.2 Å². The summed E-state index contributed by atoms with van der Waals surface area (Å²) in [4.78, 5) is 14.2. The van der Waals surface area contributed by atoms with Gasteiger partial charge in [0.1, 0.15) is 0 Å². The molecule has 2 heterocycles. The van der Waals surface area contributed by atoms with Crippen molar-refractivity contribution in [1.82, 2.24) is 4.90 Å². The fraction of sp³-hybridized carbons (Fsp3) is 0.438. The molecule has 0 fully saturated rings. The number of carbonyl (C=O) groups is 1. The summed E-state index contributed by atoms with van der Waals surface area (Å²) in [6.07, 6.45) is 13.4. The van der Waals surface area contributed by atoms with E-state index in [1.54, 1.807) is 0 Å². The lowest BCUT2D eigenvalue weighted by atomic mass is 9.82. The van der Waals surface area contributed by atoms with Gasteiger partial charge in [-0.15, -0.1) is 0 Å². The monoisotopic (exact) mass is 257 g/mol. The van der Waals surface area contributed by atoms with Crippen LogP contribution < -0.4 is 0 Å². The molecule has 1 aliphatic carbocycles. The summed E-state index contributed by atoms with van der Waals surface area (Å²) in [5.41, 5.74) is 3.48. The third-order valence-corrected chi connectivity index (χ3v) is 3.79. The average molecular weight is 257 g/mol. The summed E-state index contributed by atoms with van der Waals surface area (Å²) in [6.45, 7) is 3.37. The van der Waals surface area contributed by atoms with E-state index in [0.29, 0.717) is 12.5 Å². The highest BCUT2D eigenvalue weighted by Gasteiger charge is 2.32. The Kier molecular flexibility index (Phi) is 3.28. The Labute approximate surface area is 113 Å². The molecule has 19 heavy (non-hydrogen) atoms. The van der Waals surface area contributed by atoms with Gasteiger partial charge in [-0.1, -0.05) is 31.2 Å². The first-order chi connectivity index (χ1) is 9.29. The number of carbonyl (C=O) groups excluding carboxylic acids is 1. The highest BCUT2D eigenvalue weighted by Crippen LogP contribution is 2.39. The number of esters is 1. The van der Waals surface area contributed by atoms with Crippen molar-refractivity contribution in [3.63, 3.8) is 0 Å². The predicted molar refractivity (Wildman–Crippen MR) is 74.1 cm³/mol. The summed E-state index contributed by atoms with van der Waals surface area (Å²) in [5.74, 6) is 0.283. The van der Waals surface area contributed by atoms with Crippen molar-refractivity contribution in [2.24, 2.45) is 5.92 Å². The van der Waals surface area contributed by atoms with Gasteiger partial charge in [0.05, 0.1) is 12.2 Å². The molecule has 3 aliphatic rings. The second-order valence-electron chi connectivity index (χ2n) is 5.22. The number of nitrogens with zero attached hydrogens (tertiary/aromatic N) is 1. The van der Waals surface area contributed by atoms with Crippen LogP contribution in [-0.2, 0) is 9.53 Å². The highest BCUT2D eigenvalue weighted by atomic mass is 16.5. The van der Waals surface area contributed by atoms with Gasteiger partial charge in [0.2, 0.25) is 0 Å². The highest BCUT2D eigenvalue weighted by molar-refractivity contribution is 5.88. The van der Waals surface area contributed by atoms with Crippen LogP contribution in [0.2, 0.25) is 0 Å². The Balaban J connectivity index is 1.85. The molecule has 2 aliphatic heterocycles. The molecule has 0 saturated carbocycles. The molecule has 3 nitrogen and oxygen atoms in total. The summed E-state index contributed by atoms with van der Waals surface area (Å²) < 4.78 is 5.26. The third-order valence-electron chi connectivity index (χ3n) is 3.79. The lowest BCUT2D eigenvalue weighted by Crippen LogP contribution is -2.33. The minimum Gasteiger partial charge on any atom is -0.462 e. The molecule has 0 bridgehead atoms. The average Bonchev–Trinajstić information content (AvgIpc) is 2.45. The van der Waals surface area contributed by atoms with Crippen LogP contribution in [0.1, 0.15) is 26.2 Å². The van der Waals surface area contributed by atoms with Crippen LogP contribution in [0.5, 0.6) is 0 Å². The van der Waals surface area contributed by atoms with Crippen LogP contribution in [0.4, 0.5) is 0 Å². The van der Waals surface area contributed by atoms with E-state index >= 15 is 0 Å². The zero-order valence-electron chi connectivity index (χ0n) is 11.3. The lowest BCUT2D eigenvalue weighted by Gasteiger charge is -2.38. The summed E-state index contributed by atoms with van der Waals surface area (Å²) >= 11 is 0. The first-order valence-electron chi connectivity index (χ1n) is 7.01. The Hall–Kier alpha value is -1.77. The Morgan fingerprint density at radius 3 is 3.11 bits per heavy atom. The molecule has 3 heteroatoms. The van der Waals surface area contributed by atoms with E-state index in [-0.39, 0.29) is 5.97 Å². The smallest absolute Gasteiger partial charge is 0.335 e. The standard InChI is InChI=1S/C16H19NO2/c1-2-9-19-16(18)14-10-13-6-3-5-12-7-4-8-17(11-14)15(12)13/h3-5,7,11,13H,2,6,8-10H2,1H3. The number of ether oxygens (including phenoxy) is 1. The van der Waals surface area contributed by atoms with Gasteiger partial charge in [0.15, 0.2) is 0 Å². The second-order valence-corrected chi connectivity index (χ2v) is 5.22. The van der Waals surface area contributed by atoms with Gasteiger partial charge in [-0.05, 0) is 24.8 Å². The number of allylic oxidation sites excluding steroid dienone is 5. The molecular formula is C16H19NO2. The van der Waals surface area contributed by atoms with Gasteiger partial charge in [-0.3, -0.25) is 0 Å². The molecular weight excluding hydrogens is 238 g/mol. The topological polar surface area (TPSA) is 29.5 Å². The normalized spacial score (nSPS) is 24.2. The van der Waals surface area contributed by atoms with E-state index in [4.69, 9.17) is 4.74 Å². The molecule has 3 rings (SSSR count). The summed E-state index contributed by atoms with van der Waals surface area (Å²) in [6, 6.07) is 0. The molecule has 0 spiro atoms. The van der Waals surface area contributed by atoms with Crippen molar-refractivity contribution in [3.05, 3.63) is 47.3 Å². The molecule has 100 valence electrons. The SMILES string of the molecule is CCCOC(=O)C1=CN2CC=CC3=C2C(CC=C3)C1. The van der Waals surface area contributed by atoms with Crippen molar-refractivity contribution in [1.29, 1.82) is 0 Å². The van der Waals surface area contributed by atoms with Crippen LogP contribution in [0.25, 0.3) is 0 Å². The number of hydrogen-bond acceptors (Lipinski definition) is 3. The van der Waals surface area contributed by atoms with Crippen LogP contribution in [0.3, 0.4) is 0 Å². The van der Waals surface area contributed by atoms with Gasteiger partial charge in [-0.2, -0.15) is 0 Å². The number of rotatable bonds is 3. The maximum Gasteiger partial charge on any atom is 0.335 e. The first-order valence-corrected chi connectivity index (χ1v) is 7.01. The number of hydrogen-bond donors (Lipinski definition) is 0. The quantitative estimate of drug-likeness (QED) is 0.728. The zero-order valence-corrected chi connectivity index (χ0v) is 11.3. The first kappa shape index (κ1) is 12.3. The molecule has 0 aromatic rings. The van der Waals surface area contributed by atoms with Crippen molar-refractivity contribution in [3.8, 4) is 0 Å². The van der Waals surface area contributed by atoms with E-state index < -0.39 is 0 Å². The predicted octanol–water partition coefficient (Wildman–Crippen LogP) is 2.93. The van der Waals surface area contributed by atoms with Gasteiger partial charge in [0, 0.05) is 24.4 Å². The summed E-state index contributed by atoms with van der Waals surface area (Å²) in [7, 11) is 0. The van der Waals surface area contributed by atoms with Crippen LogP contribution in [-0.4, -0.2) is 24.0 Å². The summed E-state index contributed by atoms with van der Waals surface area (Å²) in [5, 5.41) is 0. The molecule has 0 aromatic heterocycles. The molecule has 0 amide bonds. The zero-order chi connectivity index (χ0) is 13.2. The van der Waals surface area contributed by atoms with Crippen molar-refractivity contribution < 1.29 is 9.53 Å². The lowest BCUT2D eigenvalue weighted by molar-refractivity contribution is -0.139. The van der Waals surface area contributed by atoms with Gasteiger partial charge in [0.25, 0.3) is 0 Å². The van der Waals surface area contributed by atoms with Crippen molar-refractivity contribution >= 4 is 5.97 Å². The van der Waals surface area contributed by atoms with Crippen LogP contribution >= 0.6 is 0 Å². The second kappa shape index (κ2) is 5.08.